The van der Waals surface area contributed by atoms with Gasteiger partial charge in [0, 0.05) is 22.7 Å². The Labute approximate surface area is 70.2 Å². The first-order chi connectivity index (χ1) is 5.79. The molecule has 0 unspecified atom stereocenters. The molecule has 0 bridgehead atoms. The Bertz CT molecular complexity index is 428. The third-order valence-corrected chi connectivity index (χ3v) is 1.88. The Morgan fingerprint density at radius 2 is 2.42 bits per heavy atom. The van der Waals surface area contributed by atoms with E-state index in [0.29, 0.717) is 5.56 Å². The topological polar surface area (TPSA) is 32.9 Å². The zero-order chi connectivity index (χ0) is 8.55. The molecular weight excluding hydrogens is 150 g/mol. The van der Waals surface area contributed by atoms with Crippen molar-refractivity contribution in [2.45, 2.75) is 6.92 Å². The summed E-state index contributed by atoms with van der Waals surface area (Å²) >= 11 is 0. The number of aromatic nitrogens is 1. The molecular formula is C10H8NO. The smallest absolute Gasteiger partial charge is 0.161 e. The molecule has 2 rings (SSSR count). The Kier molecular flexibility index (Phi) is 1.47. The SMILES string of the molecule is CC(=O)c1c[nH]c2ccc[c]c12. The minimum atomic E-state index is 0.0729. The summed E-state index contributed by atoms with van der Waals surface area (Å²) in [5.41, 5.74) is 1.67. The molecule has 0 amide bonds. The normalized spacial score (nSPS) is 10.4. The van der Waals surface area contributed by atoms with E-state index in [9.17, 15) is 4.79 Å². The van der Waals surface area contributed by atoms with Crippen molar-refractivity contribution in [3.63, 3.8) is 0 Å². The van der Waals surface area contributed by atoms with Gasteiger partial charge in [-0.05, 0) is 19.1 Å². The molecule has 0 atom stereocenters. The monoisotopic (exact) mass is 158 g/mol. The molecule has 12 heavy (non-hydrogen) atoms. The molecule has 0 saturated carbocycles. The highest BCUT2D eigenvalue weighted by molar-refractivity contribution is 6.06. The summed E-state index contributed by atoms with van der Waals surface area (Å²) in [5, 5.41) is 0.880. The number of aromatic amines is 1. The second-order valence-corrected chi connectivity index (χ2v) is 2.72. The van der Waals surface area contributed by atoms with Gasteiger partial charge in [0.2, 0.25) is 0 Å². The molecule has 1 heterocycles. The van der Waals surface area contributed by atoms with Gasteiger partial charge in [-0.2, -0.15) is 0 Å². The molecule has 2 nitrogen and oxygen atoms in total. The lowest BCUT2D eigenvalue weighted by Crippen LogP contribution is -1.88. The van der Waals surface area contributed by atoms with Gasteiger partial charge in [0.1, 0.15) is 0 Å². The summed E-state index contributed by atoms with van der Waals surface area (Å²) < 4.78 is 0. The number of fused-ring (bicyclic) bond motifs is 1. The van der Waals surface area contributed by atoms with Gasteiger partial charge in [-0.15, -0.1) is 0 Å². The fourth-order valence-electron chi connectivity index (χ4n) is 1.28. The van der Waals surface area contributed by atoms with Crippen molar-refractivity contribution in [3.8, 4) is 0 Å². The molecule has 2 aromatic rings. The van der Waals surface area contributed by atoms with Crippen molar-refractivity contribution >= 4 is 16.7 Å². The molecule has 1 aromatic heterocycles. The average Bonchev–Trinajstić information content (AvgIpc) is 2.47. The molecule has 59 valence electrons. The van der Waals surface area contributed by atoms with Crippen LogP contribution in [0, 0.1) is 6.07 Å². The van der Waals surface area contributed by atoms with Gasteiger partial charge in [-0.25, -0.2) is 0 Å². The van der Waals surface area contributed by atoms with E-state index in [1.165, 1.54) is 0 Å². The number of benzene rings is 1. The summed E-state index contributed by atoms with van der Waals surface area (Å²) in [6.07, 6.45) is 1.73. The minimum Gasteiger partial charge on any atom is -0.360 e. The predicted octanol–water partition coefficient (Wildman–Crippen LogP) is 2.17. The van der Waals surface area contributed by atoms with Crippen LogP contribution < -0.4 is 0 Å². The molecule has 0 aliphatic rings. The van der Waals surface area contributed by atoms with Gasteiger partial charge in [0.05, 0.1) is 0 Å². The van der Waals surface area contributed by atoms with E-state index in [4.69, 9.17) is 0 Å². The van der Waals surface area contributed by atoms with Gasteiger partial charge in [0.25, 0.3) is 0 Å². The maximum Gasteiger partial charge on any atom is 0.161 e. The fourth-order valence-corrected chi connectivity index (χ4v) is 1.28. The van der Waals surface area contributed by atoms with Crippen LogP contribution in [0.5, 0.6) is 0 Å². The number of hydrogen-bond acceptors (Lipinski definition) is 1. The summed E-state index contributed by atoms with van der Waals surface area (Å²) in [6.45, 7) is 1.56. The number of ketones is 1. The molecule has 0 spiro atoms. The third kappa shape index (κ3) is 0.925. The Balaban J connectivity index is 2.79. The van der Waals surface area contributed by atoms with E-state index in [0.717, 1.165) is 10.9 Å². The fraction of sp³-hybridized carbons (Fsp3) is 0.100. The molecule has 0 saturated heterocycles. The molecule has 0 aliphatic heterocycles. The van der Waals surface area contributed by atoms with Gasteiger partial charge >= 0.3 is 0 Å². The molecule has 0 aliphatic carbocycles. The van der Waals surface area contributed by atoms with Crippen LogP contribution in [0.15, 0.2) is 24.4 Å². The lowest BCUT2D eigenvalue weighted by atomic mass is 10.1. The number of rotatable bonds is 1. The van der Waals surface area contributed by atoms with Crippen LogP contribution in [-0.2, 0) is 0 Å². The first-order valence-corrected chi connectivity index (χ1v) is 3.78. The maximum atomic E-state index is 11.1. The Morgan fingerprint density at radius 1 is 1.58 bits per heavy atom. The second-order valence-electron chi connectivity index (χ2n) is 2.72. The number of carbonyl (C=O) groups excluding carboxylic acids is 1. The lowest BCUT2D eigenvalue weighted by Gasteiger charge is -1.89. The van der Waals surface area contributed by atoms with E-state index in [-0.39, 0.29) is 5.78 Å². The maximum absolute atomic E-state index is 11.1. The van der Waals surface area contributed by atoms with E-state index in [2.05, 4.69) is 11.1 Å². The Hall–Kier alpha value is -1.57. The van der Waals surface area contributed by atoms with Crippen LogP contribution in [0.3, 0.4) is 0 Å². The third-order valence-electron chi connectivity index (χ3n) is 1.88. The summed E-state index contributed by atoms with van der Waals surface area (Å²) in [7, 11) is 0. The van der Waals surface area contributed by atoms with Crippen LogP contribution in [-0.4, -0.2) is 10.8 Å². The van der Waals surface area contributed by atoms with Gasteiger partial charge in [-0.3, -0.25) is 4.79 Å². The highest BCUT2D eigenvalue weighted by atomic mass is 16.1. The number of carbonyl (C=O) groups is 1. The van der Waals surface area contributed by atoms with Crippen molar-refractivity contribution in [1.29, 1.82) is 0 Å². The van der Waals surface area contributed by atoms with Crippen molar-refractivity contribution < 1.29 is 4.79 Å². The summed E-state index contributed by atoms with van der Waals surface area (Å²) in [6, 6.07) is 8.66. The van der Waals surface area contributed by atoms with Gasteiger partial charge in [-0.1, -0.05) is 12.1 Å². The zero-order valence-electron chi connectivity index (χ0n) is 6.72. The van der Waals surface area contributed by atoms with Crippen molar-refractivity contribution in [3.05, 3.63) is 36.0 Å². The standard InChI is InChI=1S/C10H8NO/c1-7(12)9-6-11-10-5-3-2-4-8(9)10/h2-3,5-6,11H,1H3. The molecule has 1 aromatic carbocycles. The molecule has 2 heteroatoms. The largest absolute Gasteiger partial charge is 0.360 e. The first kappa shape index (κ1) is 7.10. The quantitative estimate of drug-likeness (QED) is 0.634. The van der Waals surface area contributed by atoms with Gasteiger partial charge < -0.3 is 4.98 Å². The highest BCUT2D eigenvalue weighted by Gasteiger charge is 2.05. The summed E-state index contributed by atoms with van der Waals surface area (Å²) in [5.74, 6) is 0.0729. The van der Waals surface area contributed by atoms with Gasteiger partial charge in [0.15, 0.2) is 5.78 Å². The summed E-state index contributed by atoms with van der Waals surface area (Å²) in [4.78, 5) is 14.1. The van der Waals surface area contributed by atoms with E-state index >= 15 is 0 Å². The minimum absolute atomic E-state index is 0.0729. The van der Waals surface area contributed by atoms with Crippen LogP contribution in [0.2, 0.25) is 0 Å². The molecule has 0 fully saturated rings. The molecule has 1 radical (unpaired) electrons. The predicted molar refractivity (Wildman–Crippen MR) is 47.1 cm³/mol. The van der Waals surface area contributed by atoms with Crippen LogP contribution in [0.4, 0.5) is 0 Å². The average molecular weight is 158 g/mol. The van der Waals surface area contributed by atoms with Crippen LogP contribution in [0.1, 0.15) is 17.3 Å². The number of hydrogen-bond donors (Lipinski definition) is 1. The second kappa shape index (κ2) is 2.48. The highest BCUT2D eigenvalue weighted by Crippen LogP contribution is 2.16. The molecule has 1 N–H and O–H groups in total. The lowest BCUT2D eigenvalue weighted by molar-refractivity contribution is 0.101. The number of nitrogens with one attached hydrogen (secondary N) is 1. The number of H-pyrrole nitrogens is 1. The van der Waals surface area contributed by atoms with Crippen molar-refractivity contribution in [2.24, 2.45) is 0 Å². The number of Topliss-reactive ketones (excluding diaryl/α,β-unsaturated/α-hetero) is 1. The first-order valence-electron chi connectivity index (χ1n) is 3.78. The van der Waals surface area contributed by atoms with Crippen LogP contribution in [0.25, 0.3) is 10.9 Å². The van der Waals surface area contributed by atoms with Crippen molar-refractivity contribution in [2.75, 3.05) is 0 Å². The zero-order valence-corrected chi connectivity index (χ0v) is 6.72. The van der Waals surface area contributed by atoms with E-state index < -0.39 is 0 Å². The van der Waals surface area contributed by atoms with E-state index in [1.54, 1.807) is 13.1 Å². The van der Waals surface area contributed by atoms with E-state index in [1.807, 2.05) is 18.2 Å². The van der Waals surface area contributed by atoms with Crippen molar-refractivity contribution in [1.82, 2.24) is 4.98 Å². The Morgan fingerprint density at radius 3 is 3.17 bits per heavy atom. The van der Waals surface area contributed by atoms with Crippen LogP contribution >= 0.6 is 0 Å².